The maximum Gasteiger partial charge on any atom is 0.463 e. The number of rotatable bonds is 1. The van der Waals surface area contributed by atoms with E-state index in [1.165, 1.54) is 6.92 Å². The number of hydrogen-bond acceptors (Lipinski definition) is 2. The van der Waals surface area contributed by atoms with Crippen LogP contribution in [0.15, 0.2) is 0 Å². The number of nitrogens with zero attached hydrogens (tertiary/aromatic N) is 1. The SMILES string of the molecule is CC1(O)CCCN(C(=O)C(F)(F)C(F)(F)F)CC1. The molecule has 1 saturated heterocycles. The summed E-state index contributed by atoms with van der Waals surface area (Å²) in [4.78, 5) is 11.7. The second kappa shape index (κ2) is 4.64. The first-order chi connectivity index (χ1) is 7.97. The number of likely N-dealkylation sites (tertiary alicyclic amines) is 1. The molecule has 0 aromatic heterocycles. The zero-order valence-corrected chi connectivity index (χ0v) is 9.73. The van der Waals surface area contributed by atoms with Gasteiger partial charge in [0.1, 0.15) is 0 Å². The van der Waals surface area contributed by atoms with Crippen molar-refractivity contribution < 1.29 is 31.9 Å². The lowest BCUT2D eigenvalue weighted by Gasteiger charge is -2.27. The molecule has 18 heavy (non-hydrogen) atoms. The summed E-state index contributed by atoms with van der Waals surface area (Å²) in [5, 5.41) is 9.67. The lowest BCUT2D eigenvalue weighted by Crippen LogP contribution is -2.52. The lowest BCUT2D eigenvalue weighted by atomic mass is 9.98. The largest absolute Gasteiger partial charge is 0.463 e. The van der Waals surface area contributed by atoms with Crippen molar-refractivity contribution in [3.63, 3.8) is 0 Å². The van der Waals surface area contributed by atoms with E-state index in [-0.39, 0.29) is 32.4 Å². The highest BCUT2D eigenvalue weighted by Gasteiger charge is 2.64. The van der Waals surface area contributed by atoms with E-state index >= 15 is 0 Å². The monoisotopic (exact) mass is 275 g/mol. The molecule has 0 bridgehead atoms. The zero-order valence-electron chi connectivity index (χ0n) is 9.73. The van der Waals surface area contributed by atoms with E-state index < -0.39 is 23.6 Å². The van der Waals surface area contributed by atoms with Crippen molar-refractivity contribution in [2.45, 2.75) is 43.9 Å². The maximum absolute atomic E-state index is 12.9. The summed E-state index contributed by atoms with van der Waals surface area (Å²) in [6.07, 6.45) is -5.47. The molecule has 1 N–H and O–H groups in total. The van der Waals surface area contributed by atoms with Gasteiger partial charge in [-0.2, -0.15) is 22.0 Å². The molecule has 0 spiro atoms. The second-order valence-electron chi connectivity index (χ2n) is 4.71. The van der Waals surface area contributed by atoms with E-state index in [0.717, 1.165) is 0 Å². The highest BCUT2D eigenvalue weighted by Crippen LogP contribution is 2.37. The molecule has 0 saturated carbocycles. The molecule has 3 nitrogen and oxygen atoms in total. The Morgan fingerprint density at radius 3 is 2.22 bits per heavy atom. The first-order valence-electron chi connectivity index (χ1n) is 5.44. The zero-order chi connectivity index (χ0) is 14.2. The van der Waals surface area contributed by atoms with Crippen LogP contribution < -0.4 is 0 Å². The second-order valence-corrected chi connectivity index (χ2v) is 4.71. The summed E-state index contributed by atoms with van der Waals surface area (Å²) in [6.45, 7) is 0.945. The number of carbonyl (C=O) groups excluding carboxylic acids is 1. The third-order valence-electron chi connectivity index (χ3n) is 2.98. The summed E-state index contributed by atoms with van der Waals surface area (Å²) in [5.74, 6) is -7.61. The van der Waals surface area contributed by atoms with Gasteiger partial charge >= 0.3 is 18.0 Å². The number of halogens is 5. The van der Waals surface area contributed by atoms with Gasteiger partial charge in [0.25, 0.3) is 0 Å². The Morgan fingerprint density at radius 1 is 1.17 bits per heavy atom. The Morgan fingerprint density at radius 2 is 1.72 bits per heavy atom. The van der Waals surface area contributed by atoms with Crippen molar-refractivity contribution in [3.8, 4) is 0 Å². The van der Waals surface area contributed by atoms with Gasteiger partial charge in [-0.3, -0.25) is 4.79 Å². The highest BCUT2D eigenvalue weighted by molar-refractivity contribution is 5.84. The lowest BCUT2D eigenvalue weighted by molar-refractivity contribution is -0.274. The minimum absolute atomic E-state index is 0.0212. The Bertz CT molecular complexity index is 327. The predicted molar refractivity (Wildman–Crippen MR) is 52.1 cm³/mol. The highest BCUT2D eigenvalue weighted by atomic mass is 19.4. The van der Waals surface area contributed by atoms with Crippen LogP contribution in [0.2, 0.25) is 0 Å². The van der Waals surface area contributed by atoms with E-state index in [0.29, 0.717) is 4.90 Å². The van der Waals surface area contributed by atoms with Crippen LogP contribution in [0, 0.1) is 0 Å². The van der Waals surface area contributed by atoms with Crippen LogP contribution in [0.25, 0.3) is 0 Å². The van der Waals surface area contributed by atoms with Crippen LogP contribution in [0.4, 0.5) is 22.0 Å². The molecule has 1 fully saturated rings. The molecular formula is C10H14F5NO2. The number of amides is 1. The topological polar surface area (TPSA) is 40.5 Å². The molecular weight excluding hydrogens is 261 g/mol. The molecule has 0 aromatic carbocycles. The minimum atomic E-state index is -5.89. The van der Waals surface area contributed by atoms with Crippen LogP contribution in [-0.4, -0.2) is 46.7 Å². The van der Waals surface area contributed by atoms with Crippen molar-refractivity contribution in [2.75, 3.05) is 13.1 Å². The van der Waals surface area contributed by atoms with Gasteiger partial charge in [0, 0.05) is 13.1 Å². The third kappa shape index (κ3) is 3.09. The van der Waals surface area contributed by atoms with Crippen LogP contribution in [0.3, 0.4) is 0 Å². The Balaban J connectivity index is 2.79. The Hall–Kier alpha value is -0.920. The minimum Gasteiger partial charge on any atom is -0.390 e. The summed E-state index contributed by atoms with van der Waals surface area (Å²) >= 11 is 0. The Kier molecular flexibility index (Phi) is 3.90. The summed E-state index contributed by atoms with van der Waals surface area (Å²) < 4.78 is 61.8. The summed E-state index contributed by atoms with van der Waals surface area (Å²) in [7, 11) is 0. The summed E-state index contributed by atoms with van der Waals surface area (Å²) in [6, 6.07) is 0. The normalized spacial score (nSPS) is 26.9. The number of carbonyl (C=O) groups is 1. The van der Waals surface area contributed by atoms with E-state index in [2.05, 4.69) is 0 Å². The smallest absolute Gasteiger partial charge is 0.390 e. The van der Waals surface area contributed by atoms with Crippen molar-refractivity contribution in [2.24, 2.45) is 0 Å². The predicted octanol–water partition coefficient (Wildman–Crippen LogP) is 1.95. The molecule has 0 aromatic rings. The molecule has 1 atom stereocenters. The molecule has 1 amide bonds. The van der Waals surface area contributed by atoms with Crippen LogP contribution in [0.1, 0.15) is 26.2 Å². The fourth-order valence-corrected chi connectivity index (χ4v) is 1.79. The molecule has 106 valence electrons. The van der Waals surface area contributed by atoms with E-state index in [9.17, 15) is 31.9 Å². The van der Waals surface area contributed by atoms with E-state index in [1.54, 1.807) is 0 Å². The van der Waals surface area contributed by atoms with Gasteiger partial charge in [0.15, 0.2) is 0 Å². The quantitative estimate of drug-likeness (QED) is 0.743. The van der Waals surface area contributed by atoms with Crippen LogP contribution in [0.5, 0.6) is 0 Å². The van der Waals surface area contributed by atoms with Gasteiger partial charge in [-0.05, 0) is 26.2 Å². The standard InChI is InChI=1S/C10H14F5NO2/c1-8(18)3-2-5-16(6-4-8)7(17)9(11,12)10(13,14)15/h18H,2-6H2,1H3. The van der Waals surface area contributed by atoms with Crippen molar-refractivity contribution in [1.82, 2.24) is 4.90 Å². The van der Waals surface area contributed by atoms with Gasteiger partial charge in [0.05, 0.1) is 5.60 Å². The van der Waals surface area contributed by atoms with E-state index in [1.807, 2.05) is 0 Å². The first-order valence-corrected chi connectivity index (χ1v) is 5.44. The molecule has 1 unspecified atom stereocenters. The molecule has 1 rings (SSSR count). The van der Waals surface area contributed by atoms with Crippen molar-refractivity contribution in [1.29, 1.82) is 0 Å². The van der Waals surface area contributed by atoms with Crippen LogP contribution >= 0.6 is 0 Å². The Labute approximate surface area is 101 Å². The van der Waals surface area contributed by atoms with Gasteiger partial charge in [-0.15, -0.1) is 0 Å². The number of aliphatic hydroxyl groups is 1. The molecule has 1 aliphatic heterocycles. The van der Waals surface area contributed by atoms with Gasteiger partial charge in [-0.1, -0.05) is 0 Å². The third-order valence-corrected chi connectivity index (χ3v) is 2.98. The molecule has 8 heteroatoms. The van der Waals surface area contributed by atoms with Gasteiger partial charge in [0.2, 0.25) is 0 Å². The molecule has 0 radical (unpaired) electrons. The van der Waals surface area contributed by atoms with Crippen molar-refractivity contribution >= 4 is 5.91 Å². The average molecular weight is 275 g/mol. The van der Waals surface area contributed by atoms with Gasteiger partial charge in [-0.25, -0.2) is 0 Å². The molecule has 0 aliphatic carbocycles. The fraction of sp³-hybridized carbons (Fsp3) is 0.900. The van der Waals surface area contributed by atoms with Crippen LogP contribution in [-0.2, 0) is 4.79 Å². The van der Waals surface area contributed by atoms with Gasteiger partial charge < -0.3 is 10.0 Å². The average Bonchev–Trinajstić information content (AvgIpc) is 2.36. The maximum atomic E-state index is 12.9. The number of hydrogen-bond donors (Lipinski definition) is 1. The summed E-state index contributed by atoms with van der Waals surface area (Å²) in [5.41, 5.74) is -1.14. The molecule has 1 heterocycles. The first kappa shape index (κ1) is 15.1. The molecule has 1 aliphatic rings. The van der Waals surface area contributed by atoms with Crippen molar-refractivity contribution in [3.05, 3.63) is 0 Å². The fourth-order valence-electron chi connectivity index (χ4n) is 1.79. The number of alkyl halides is 5. The van der Waals surface area contributed by atoms with E-state index in [4.69, 9.17) is 0 Å².